The first kappa shape index (κ1) is 15.9. The molecule has 0 aromatic carbocycles. The van der Waals surface area contributed by atoms with E-state index in [1.165, 1.54) is 0 Å². The number of piperidine rings is 1. The lowest BCUT2D eigenvalue weighted by Crippen LogP contribution is -2.44. The van der Waals surface area contributed by atoms with Crippen molar-refractivity contribution in [1.82, 2.24) is 14.8 Å². The third kappa shape index (κ3) is 3.69. The SMILES string of the molecule is NC(=O)CN1CCC(C(=O)N2CCC[C@H]2c2ccccn2)CC1. The molecule has 2 aliphatic rings. The van der Waals surface area contributed by atoms with Crippen LogP contribution in [0.1, 0.15) is 37.4 Å². The Morgan fingerprint density at radius 1 is 1.17 bits per heavy atom. The molecule has 6 heteroatoms. The second-order valence-electron chi connectivity index (χ2n) is 6.46. The van der Waals surface area contributed by atoms with Crippen LogP contribution in [0.25, 0.3) is 0 Å². The van der Waals surface area contributed by atoms with Crippen molar-refractivity contribution in [2.24, 2.45) is 11.7 Å². The highest BCUT2D eigenvalue weighted by Gasteiger charge is 2.35. The fraction of sp³-hybridized carbons (Fsp3) is 0.588. The van der Waals surface area contributed by atoms with Crippen LogP contribution in [0, 0.1) is 5.92 Å². The zero-order valence-corrected chi connectivity index (χ0v) is 13.4. The van der Waals surface area contributed by atoms with E-state index in [1.807, 2.05) is 28.0 Å². The van der Waals surface area contributed by atoms with Gasteiger partial charge in [0.2, 0.25) is 11.8 Å². The zero-order chi connectivity index (χ0) is 16.2. The molecule has 0 bridgehead atoms. The summed E-state index contributed by atoms with van der Waals surface area (Å²) in [4.78, 5) is 32.4. The minimum absolute atomic E-state index is 0.0587. The minimum atomic E-state index is -0.301. The fourth-order valence-corrected chi connectivity index (χ4v) is 3.70. The summed E-state index contributed by atoms with van der Waals surface area (Å²) in [6, 6.07) is 6.00. The summed E-state index contributed by atoms with van der Waals surface area (Å²) in [5.74, 6) is 0.00449. The van der Waals surface area contributed by atoms with Gasteiger partial charge in [-0.1, -0.05) is 6.07 Å². The average molecular weight is 316 g/mol. The van der Waals surface area contributed by atoms with Crippen LogP contribution in [0.2, 0.25) is 0 Å². The molecule has 2 amide bonds. The predicted octanol–water partition coefficient (Wildman–Crippen LogP) is 0.942. The van der Waals surface area contributed by atoms with Crippen molar-refractivity contribution < 1.29 is 9.59 Å². The van der Waals surface area contributed by atoms with Gasteiger partial charge < -0.3 is 10.6 Å². The lowest BCUT2D eigenvalue weighted by atomic mass is 9.94. The van der Waals surface area contributed by atoms with Gasteiger partial charge in [-0.3, -0.25) is 19.5 Å². The van der Waals surface area contributed by atoms with Crippen LogP contribution >= 0.6 is 0 Å². The second kappa shape index (κ2) is 7.08. The second-order valence-corrected chi connectivity index (χ2v) is 6.46. The molecule has 3 rings (SSSR count). The van der Waals surface area contributed by atoms with Crippen molar-refractivity contribution in [3.8, 4) is 0 Å². The third-order valence-corrected chi connectivity index (χ3v) is 4.88. The Balaban J connectivity index is 1.61. The first-order chi connectivity index (χ1) is 11.1. The molecule has 2 fully saturated rings. The number of amides is 2. The summed E-state index contributed by atoms with van der Waals surface area (Å²) < 4.78 is 0. The maximum atomic E-state index is 12.9. The topological polar surface area (TPSA) is 79.5 Å². The van der Waals surface area contributed by atoms with Gasteiger partial charge in [0.05, 0.1) is 18.3 Å². The van der Waals surface area contributed by atoms with Crippen molar-refractivity contribution in [2.45, 2.75) is 31.7 Å². The molecule has 0 radical (unpaired) electrons. The van der Waals surface area contributed by atoms with Crippen LogP contribution in [0.15, 0.2) is 24.4 Å². The number of hydrogen-bond donors (Lipinski definition) is 1. The van der Waals surface area contributed by atoms with Crippen molar-refractivity contribution in [3.63, 3.8) is 0 Å². The van der Waals surface area contributed by atoms with Crippen molar-refractivity contribution >= 4 is 11.8 Å². The van der Waals surface area contributed by atoms with Crippen LogP contribution < -0.4 is 5.73 Å². The van der Waals surface area contributed by atoms with Crippen LogP contribution in [0.5, 0.6) is 0 Å². The maximum absolute atomic E-state index is 12.9. The van der Waals surface area contributed by atoms with E-state index in [-0.39, 0.29) is 23.8 Å². The Bertz CT molecular complexity index is 555. The average Bonchev–Trinajstić information content (AvgIpc) is 3.05. The third-order valence-electron chi connectivity index (χ3n) is 4.88. The number of nitrogens with zero attached hydrogens (tertiary/aromatic N) is 3. The smallest absolute Gasteiger partial charge is 0.231 e. The summed E-state index contributed by atoms with van der Waals surface area (Å²) in [6.45, 7) is 2.64. The molecule has 6 nitrogen and oxygen atoms in total. The van der Waals surface area contributed by atoms with Crippen molar-refractivity contribution in [1.29, 1.82) is 0 Å². The monoisotopic (exact) mass is 316 g/mol. The number of primary amides is 1. The van der Waals surface area contributed by atoms with E-state index in [4.69, 9.17) is 5.73 Å². The summed E-state index contributed by atoms with van der Waals surface area (Å²) in [6.07, 6.45) is 5.42. The molecule has 0 saturated carbocycles. The Hall–Kier alpha value is -1.95. The number of carbonyl (C=O) groups is 2. The van der Waals surface area contributed by atoms with E-state index >= 15 is 0 Å². The van der Waals surface area contributed by atoms with Gasteiger partial charge in [-0.25, -0.2) is 0 Å². The number of hydrogen-bond acceptors (Lipinski definition) is 4. The molecular formula is C17H24N4O2. The number of nitrogens with two attached hydrogens (primary N) is 1. The van der Waals surface area contributed by atoms with Gasteiger partial charge in [0.15, 0.2) is 0 Å². The highest BCUT2D eigenvalue weighted by Crippen LogP contribution is 2.33. The van der Waals surface area contributed by atoms with Crippen LogP contribution in [-0.2, 0) is 9.59 Å². The van der Waals surface area contributed by atoms with E-state index in [0.29, 0.717) is 6.54 Å². The number of aromatic nitrogens is 1. The molecule has 1 aromatic rings. The van der Waals surface area contributed by atoms with Gasteiger partial charge in [-0.15, -0.1) is 0 Å². The normalized spacial score (nSPS) is 23.1. The first-order valence-corrected chi connectivity index (χ1v) is 8.37. The molecule has 23 heavy (non-hydrogen) atoms. The lowest BCUT2D eigenvalue weighted by molar-refractivity contribution is -0.138. The molecule has 2 saturated heterocycles. The maximum Gasteiger partial charge on any atom is 0.231 e. The van der Waals surface area contributed by atoms with E-state index in [0.717, 1.165) is 51.0 Å². The molecular weight excluding hydrogens is 292 g/mol. The van der Waals surface area contributed by atoms with Gasteiger partial charge in [0, 0.05) is 18.7 Å². The van der Waals surface area contributed by atoms with Crippen LogP contribution in [0.3, 0.4) is 0 Å². The van der Waals surface area contributed by atoms with Crippen LogP contribution in [-0.4, -0.2) is 52.8 Å². The molecule has 1 atom stereocenters. The Morgan fingerprint density at radius 3 is 2.61 bits per heavy atom. The van der Waals surface area contributed by atoms with Gasteiger partial charge in [0.25, 0.3) is 0 Å². The predicted molar refractivity (Wildman–Crippen MR) is 86.3 cm³/mol. The molecule has 0 unspecified atom stereocenters. The molecule has 1 aromatic heterocycles. The number of carbonyl (C=O) groups excluding carboxylic acids is 2. The van der Waals surface area contributed by atoms with Crippen LogP contribution in [0.4, 0.5) is 0 Å². The van der Waals surface area contributed by atoms with E-state index in [1.54, 1.807) is 6.20 Å². The van der Waals surface area contributed by atoms with Crippen molar-refractivity contribution in [2.75, 3.05) is 26.2 Å². The lowest BCUT2D eigenvalue weighted by Gasteiger charge is -2.34. The highest BCUT2D eigenvalue weighted by atomic mass is 16.2. The fourth-order valence-electron chi connectivity index (χ4n) is 3.70. The quantitative estimate of drug-likeness (QED) is 0.896. The summed E-state index contributed by atoms with van der Waals surface area (Å²) in [7, 11) is 0. The molecule has 0 aliphatic carbocycles. The number of rotatable bonds is 4. The minimum Gasteiger partial charge on any atom is -0.369 e. The number of likely N-dealkylation sites (tertiary alicyclic amines) is 2. The molecule has 0 spiro atoms. The largest absolute Gasteiger partial charge is 0.369 e. The molecule has 2 aliphatic heterocycles. The van der Waals surface area contributed by atoms with E-state index in [9.17, 15) is 9.59 Å². The molecule has 2 N–H and O–H groups in total. The molecule has 124 valence electrons. The van der Waals surface area contributed by atoms with Crippen molar-refractivity contribution in [3.05, 3.63) is 30.1 Å². The van der Waals surface area contributed by atoms with E-state index < -0.39 is 0 Å². The Kier molecular flexibility index (Phi) is 4.91. The summed E-state index contributed by atoms with van der Waals surface area (Å²) in [5, 5.41) is 0. The van der Waals surface area contributed by atoms with Gasteiger partial charge in [-0.05, 0) is 50.9 Å². The summed E-state index contributed by atoms with van der Waals surface area (Å²) in [5.41, 5.74) is 6.23. The molecule has 3 heterocycles. The number of pyridine rings is 1. The Morgan fingerprint density at radius 2 is 1.96 bits per heavy atom. The van der Waals surface area contributed by atoms with Gasteiger partial charge >= 0.3 is 0 Å². The standard InChI is InChI=1S/C17H24N4O2/c18-16(22)12-20-10-6-13(7-11-20)17(23)21-9-3-5-15(21)14-4-1-2-8-19-14/h1-2,4,8,13,15H,3,5-7,9-12H2,(H2,18,22)/t15-/m0/s1. The highest BCUT2D eigenvalue weighted by molar-refractivity contribution is 5.80. The van der Waals surface area contributed by atoms with Gasteiger partial charge in [0.1, 0.15) is 0 Å². The first-order valence-electron chi connectivity index (χ1n) is 8.37. The van der Waals surface area contributed by atoms with E-state index in [2.05, 4.69) is 4.98 Å². The summed E-state index contributed by atoms with van der Waals surface area (Å²) >= 11 is 0. The van der Waals surface area contributed by atoms with Gasteiger partial charge in [-0.2, -0.15) is 0 Å². The zero-order valence-electron chi connectivity index (χ0n) is 13.4. The Labute approximate surface area is 136 Å².